The Hall–Kier alpha value is -4.07. The van der Waals surface area contributed by atoms with Gasteiger partial charge in [0, 0.05) is 44.3 Å². The van der Waals surface area contributed by atoms with Gasteiger partial charge in [0.2, 0.25) is 0 Å². The zero-order valence-corrected chi connectivity index (χ0v) is 20.9. The minimum Gasteiger partial charge on any atom is -0.510 e. The van der Waals surface area contributed by atoms with Gasteiger partial charge in [0.25, 0.3) is 0 Å². The Kier molecular flexibility index (Phi) is 6.03. The fourth-order valence-electron chi connectivity index (χ4n) is 4.14. The van der Waals surface area contributed by atoms with Crippen LogP contribution in [0, 0.1) is 25.4 Å². The Morgan fingerprint density at radius 2 is 1.80 bits per heavy atom. The maximum atomic E-state index is 7.50. The Labute approximate surface area is 217 Å². The monoisotopic (exact) mass is 635 g/mol. The van der Waals surface area contributed by atoms with Gasteiger partial charge in [-0.05, 0) is 43.0 Å². The Morgan fingerprint density at radius 1 is 0.943 bits per heavy atom. The summed E-state index contributed by atoms with van der Waals surface area (Å²) >= 11 is 0. The van der Waals surface area contributed by atoms with E-state index in [0.29, 0.717) is 17.2 Å². The van der Waals surface area contributed by atoms with E-state index in [1.54, 1.807) is 18.3 Å². The van der Waals surface area contributed by atoms with Crippen LogP contribution in [0.5, 0.6) is 11.5 Å². The molecular formula is C28H18N5OPt-3. The Bertz CT molecular complexity index is 1600. The second-order valence-corrected chi connectivity index (χ2v) is 7.91. The molecule has 35 heavy (non-hydrogen) atoms. The van der Waals surface area contributed by atoms with Gasteiger partial charge < -0.3 is 19.1 Å². The summed E-state index contributed by atoms with van der Waals surface area (Å²) in [7, 11) is 1.94. The summed E-state index contributed by atoms with van der Waals surface area (Å²) in [6, 6.07) is 28.2. The van der Waals surface area contributed by atoms with Crippen LogP contribution >= 0.6 is 0 Å². The zero-order valence-electron chi connectivity index (χ0n) is 18.6. The predicted octanol–water partition coefficient (Wildman–Crippen LogP) is 6.46. The van der Waals surface area contributed by atoms with Gasteiger partial charge in [0.15, 0.2) is 0 Å². The smallest absolute Gasteiger partial charge is 0.135 e. The number of fused-ring (bicyclic) bond motifs is 3. The standard InChI is InChI=1S/C28H18N5O.Pt/c1-29-20-15-21(32-14-13-31(2)19-32)17-23(16-20)34-22-10-11-25-24-7-3-4-8-26(24)33(27(25)18-22)28-9-5-6-12-30-28;/h3-16,19H,2H3;/q-3;. The minimum atomic E-state index is 0. The molecule has 0 atom stereocenters. The van der Waals surface area contributed by atoms with E-state index < -0.39 is 0 Å². The number of anilines is 1. The van der Waals surface area contributed by atoms with E-state index in [-0.39, 0.29) is 21.1 Å². The van der Waals surface area contributed by atoms with Crippen molar-refractivity contribution in [2.24, 2.45) is 0 Å². The normalized spacial score (nSPS) is 12.7. The molecule has 0 unspecified atom stereocenters. The molecule has 5 aromatic rings. The number of ether oxygens (including phenoxy) is 1. The van der Waals surface area contributed by atoms with E-state index in [9.17, 15) is 0 Å². The quantitative estimate of drug-likeness (QED) is 0.213. The van der Waals surface area contributed by atoms with E-state index in [1.165, 1.54) is 0 Å². The molecule has 0 fully saturated rings. The SMILES string of the molecule is [C-]#[N+]c1cc(Oc2[c-]c3c(cc2)c2ccccc2n3-c2ccccn2)[c-]c(N2C=CN(C)[CH-]2)c1.[Pt]. The van der Waals surface area contributed by atoms with Gasteiger partial charge in [-0.2, -0.15) is 12.7 Å². The van der Waals surface area contributed by atoms with Crippen LogP contribution in [0.4, 0.5) is 11.4 Å². The Balaban J connectivity index is 0.00000253. The van der Waals surface area contributed by atoms with E-state index in [4.69, 9.17) is 11.3 Å². The van der Waals surface area contributed by atoms with Gasteiger partial charge in [-0.1, -0.05) is 29.8 Å². The maximum absolute atomic E-state index is 7.50. The molecule has 0 radical (unpaired) electrons. The molecule has 1 aliphatic heterocycles. The third kappa shape index (κ3) is 4.16. The van der Waals surface area contributed by atoms with Crippen molar-refractivity contribution in [3.8, 4) is 17.3 Å². The van der Waals surface area contributed by atoms with Gasteiger partial charge in [0.05, 0.1) is 12.3 Å². The van der Waals surface area contributed by atoms with Crippen molar-refractivity contribution in [3.05, 3.63) is 116 Å². The number of pyridine rings is 1. The van der Waals surface area contributed by atoms with Crippen LogP contribution in [0.1, 0.15) is 0 Å². The average molecular weight is 636 g/mol. The van der Waals surface area contributed by atoms with Crippen molar-refractivity contribution in [3.63, 3.8) is 0 Å². The van der Waals surface area contributed by atoms with Gasteiger partial charge >= 0.3 is 0 Å². The van der Waals surface area contributed by atoms with Gasteiger partial charge in [-0.15, -0.1) is 41.4 Å². The Morgan fingerprint density at radius 3 is 2.57 bits per heavy atom. The molecule has 3 heterocycles. The molecule has 2 aromatic heterocycles. The fourth-order valence-corrected chi connectivity index (χ4v) is 4.14. The molecule has 0 aliphatic carbocycles. The number of hydrogen-bond donors (Lipinski definition) is 0. The van der Waals surface area contributed by atoms with Crippen LogP contribution in [0.3, 0.4) is 0 Å². The molecule has 0 spiro atoms. The van der Waals surface area contributed by atoms with E-state index in [0.717, 1.165) is 33.3 Å². The van der Waals surface area contributed by atoms with Crippen molar-refractivity contribution in [1.29, 1.82) is 0 Å². The summed E-state index contributed by atoms with van der Waals surface area (Å²) in [5.74, 6) is 1.80. The average Bonchev–Trinajstić information content (AvgIpc) is 3.45. The summed E-state index contributed by atoms with van der Waals surface area (Å²) in [4.78, 5) is 12.0. The summed E-state index contributed by atoms with van der Waals surface area (Å²) in [5, 5.41) is 2.18. The summed E-state index contributed by atoms with van der Waals surface area (Å²) in [5.41, 5.74) is 3.13. The first kappa shape index (κ1) is 22.7. The number of para-hydroxylation sites is 1. The number of nitrogens with zero attached hydrogens (tertiary/aromatic N) is 5. The summed E-state index contributed by atoms with van der Waals surface area (Å²) in [6.07, 6.45) is 5.62. The zero-order chi connectivity index (χ0) is 23.1. The van der Waals surface area contributed by atoms with Crippen LogP contribution < -0.4 is 9.64 Å². The van der Waals surface area contributed by atoms with Gasteiger partial charge in [-0.3, -0.25) is 4.85 Å². The fraction of sp³-hybridized carbons (Fsp3) is 0.0357. The molecule has 0 N–H and O–H groups in total. The molecule has 174 valence electrons. The van der Waals surface area contributed by atoms with Crippen molar-refractivity contribution in [1.82, 2.24) is 14.5 Å². The predicted molar refractivity (Wildman–Crippen MR) is 133 cm³/mol. The first-order chi connectivity index (χ1) is 16.7. The molecular weight excluding hydrogens is 617 g/mol. The van der Waals surface area contributed by atoms with Crippen LogP contribution in [0.2, 0.25) is 0 Å². The van der Waals surface area contributed by atoms with Crippen LogP contribution in [0.25, 0.3) is 32.5 Å². The van der Waals surface area contributed by atoms with Gasteiger partial charge in [-0.25, -0.2) is 4.98 Å². The molecule has 7 heteroatoms. The number of hydrogen-bond acceptors (Lipinski definition) is 4. The van der Waals surface area contributed by atoms with E-state index >= 15 is 0 Å². The largest absolute Gasteiger partial charge is 0.510 e. The molecule has 6 nitrogen and oxygen atoms in total. The van der Waals surface area contributed by atoms with E-state index in [1.807, 2.05) is 78.4 Å². The van der Waals surface area contributed by atoms with Crippen molar-refractivity contribution >= 4 is 33.2 Å². The molecule has 0 amide bonds. The molecule has 3 aromatic carbocycles. The number of benzene rings is 3. The topological polar surface area (TPSA) is 37.9 Å². The van der Waals surface area contributed by atoms with Gasteiger partial charge in [0.1, 0.15) is 5.82 Å². The molecule has 0 saturated carbocycles. The third-order valence-corrected chi connectivity index (χ3v) is 5.65. The molecule has 0 saturated heterocycles. The first-order valence-electron chi connectivity index (χ1n) is 10.7. The third-order valence-electron chi connectivity index (χ3n) is 5.65. The van der Waals surface area contributed by atoms with Crippen LogP contribution in [-0.4, -0.2) is 21.5 Å². The van der Waals surface area contributed by atoms with E-state index in [2.05, 4.69) is 38.7 Å². The number of rotatable bonds is 4. The summed E-state index contributed by atoms with van der Waals surface area (Å²) in [6.45, 7) is 9.41. The van der Waals surface area contributed by atoms with Crippen LogP contribution in [-0.2, 0) is 21.1 Å². The van der Waals surface area contributed by atoms with Crippen molar-refractivity contribution < 1.29 is 25.8 Å². The maximum Gasteiger partial charge on any atom is 0.135 e. The second kappa shape index (κ2) is 9.29. The van der Waals surface area contributed by atoms with Crippen molar-refractivity contribution in [2.45, 2.75) is 0 Å². The van der Waals surface area contributed by atoms with Crippen molar-refractivity contribution in [2.75, 3.05) is 11.9 Å². The minimum absolute atomic E-state index is 0. The first-order valence-corrected chi connectivity index (χ1v) is 10.7. The number of aromatic nitrogens is 2. The second-order valence-electron chi connectivity index (χ2n) is 7.91. The molecule has 1 aliphatic rings. The molecule has 0 bridgehead atoms. The van der Waals surface area contributed by atoms with Crippen LogP contribution in [0.15, 0.2) is 85.3 Å². The molecule has 6 rings (SSSR count). The summed E-state index contributed by atoms with van der Waals surface area (Å²) < 4.78 is 8.26.